The first-order valence-electron chi connectivity index (χ1n) is 8.39. The molecule has 2 aromatic heterocycles. The van der Waals surface area contributed by atoms with Crippen molar-refractivity contribution in [2.45, 2.75) is 45.7 Å². The number of hydrogen-bond donors (Lipinski definition) is 1. The second-order valence-corrected chi connectivity index (χ2v) is 6.19. The van der Waals surface area contributed by atoms with Crippen molar-refractivity contribution >= 4 is 11.7 Å². The summed E-state index contributed by atoms with van der Waals surface area (Å²) >= 11 is 0. The number of anilines is 1. The summed E-state index contributed by atoms with van der Waals surface area (Å²) in [6.45, 7) is 5.23. The highest BCUT2D eigenvalue weighted by Crippen LogP contribution is 2.32. The molecule has 0 spiro atoms. The third-order valence-electron chi connectivity index (χ3n) is 4.36. The van der Waals surface area contributed by atoms with Crippen LogP contribution < -0.4 is 5.32 Å². The molecule has 0 aromatic carbocycles. The smallest absolute Gasteiger partial charge is 0.224 e. The highest BCUT2D eigenvalue weighted by Gasteiger charge is 2.31. The van der Waals surface area contributed by atoms with Crippen LogP contribution in [0.25, 0.3) is 0 Å². The Balaban J connectivity index is 1.70. The Morgan fingerprint density at radius 2 is 2.21 bits per heavy atom. The van der Waals surface area contributed by atoms with Gasteiger partial charge in [-0.15, -0.1) is 0 Å². The van der Waals surface area contributed by atoms with E-state index < -0.39 is 0 Å². The van der Waals surface area contributed by atoms with Crippen LogP contribution in [0, 0.1) is 13.8 Å². The van der Waals surface area contributed by atoms with Crippen LogP contribution in [0.4, 0.5) is 5.82 Å². The summed E-state index contributed by atoms with van der Waals surface area (Å²) in [7, 11) is 1.84. The summed E-state index contributed by atoms with van der Waals surface area (Å²) in [5.41, 5.74) is 1.89. The maximum absolute atomic E-state index is 12.7. The number of nitrogens with zero attached hydrogens (tertiary/aromatic N) is 5. The normalized spacial score (nSPS) is 17.3. The van der Waals surface area contributed by atoms with Crippen molar-refractivity contribution in [3.05, 3.63) is 35.5 Å². The van der Waals surface area contributed by atoms with Crippen LogP contribution >= 0.6 is 0 Å². The molecular weight excluding hydrogens is 304 g/mol. The zero-order valence-corrected chi connectivity index (χ0v) is 14.5. The highest BCUT2D eigenvalue weighted by atomic mass is 16.2. The van der Waals surface area contributed by atoms with Gasteiger partial charge in [-0.05, 0) is 32.8 Å². The number of rotatable bonds is 5. The molecule has 0 saturated carbocycles. The molecule has 0 aliphatic carbocycles. The molecule has 3 heterocycles. The summed E-state index contributed by atoms with van der Waals surface area (Å²) in [6.07, 6.45) is 4.33. The van der Waals surface area contributed by atoms with E-state index in [1.54, 1.807) is 0 Å². The van der Waals surface area contributed by atoms with E-state index in [4.69, 9.17) is 0 Å². The second kappa shape index (κ2) is 6.98. The molecule has 2 aromatic rings. The minimum atomic E-state index is 0.0469. The number of carbonyl (C=O) groups excluding carboxylic acids is 1. The lowest BCUT2D eigenvalue weighted by atomic mass is 10.1. The Morgan fingerprint density at radius 1 is 1.38 bits per heavy atom. The number of aryl methyl sites for hydroxylation is 3. The molecule has 7 heteroatoms. The fourth-order valence-corrected chi connectivity index (χ4v) is 3.20. The van der Waals surface area contributed by atoms with Crippen LogP contribution in [0.5, 0.6) is 0 Å². The number of carbonyl (C=O) groups is 1. The quantitative estimate of drug-likeness (QED) is 0.909. The molecule has 0 bridgehead atoms. The predicted molar refractivity (Wildman–Crippen MR) is 91.6 cm³/mol. The molecule has 1 amide bonds. The van der Waals surface area contributed by atoms with Crippen molar-refractivity contribution in [2.75, 3.05) is 18.9 Å². The van der Waals surface area contributed by atoms with E-state index >= 15 is 0 Å². The molecule has 0 radical (unpaired) electrons. The molecule has 0 unspecified atom stereocenters. The fraction of sp³-hybridized carbons (Fsp3) is 0.529. The first-order valence-corrected chi connectivity index (χ1v) is 8.39. The van der Waals surface area contributed by atoms with E-state index in [1.807, 2.05) is 48.8 Å². The minimum Gasteiger partial charge on any atom is -0.373 e. The van der Waals surface area contributed by atoms with Gasteiger partial charge in [-0.3, -0.25) is 9.48 Å². The summed E-state index contributed by atoms with van der Waals surface area (Å²) in [6, 6.07) is 3.94. The van der Waals surface area contributed by atoms with Gasteiger partial charge in [0, 0.05) is 38.8 Å². The van der Waals surface area contributed by atoms with Gasteiger partial charge in [0.05, 0.1) is 17.4 Å². The number of nitrogens with one attached hydrogen (secondary N) is 1. The topological polar surface area (TPSA) is 75.9 Å². The van der Waals surface area contributed by atoms with Crippen molar-refractivity contribution < 1.29 is 4.79 Å². The average molecular weight is 328 g/mol. The zero-order valence-electron chi connectivity index (χ0n) is 14.5. The first kappa shape index (κ1) is 16.4. The van der Waals surface area contributed by atoms with Gasteiger partial charge in [-0.1, -0.05) is 0 Å². The van der Waals surface area contributed by atoms with E-state index in [0.717, 1.165) is 42.4 Å². The highest BCUT2D eigenvalue weighted by molar-refractivity contribution is 5.77. The number of likely N-dealkylation sites (tertiary alicyclic amines) is 1. The summed E-state index contributed by atoms with van der Waals surface area (Å²) in [4.78, 5) is 23.5. The molecule has 7 nitrogen and oxygen atoms in total. The summed E-state index contributed by atoms with van der Waals surface area (Å²) < 4.78 is 1.83. The number of hydrogen-bond acceptors (Lipinski definition) is 5. The van der Waals surface area contributed by atoms with Crippen LogP contribution in [-0.4, -0.2) is 44.1 Å². The van der Waals surface area contributed by atoms with E-state index in [1.165, 1.54) is 0 Å². The number of aromatic nitrogens is 4. The number of amides is 1. The first-order chi connectivity index (χ1) is 11.6. The SMILES string of the molecule is CNc1cc([C@H]2CCCN2C(=O)CCn2ccc(C)n2)nc(C)n1. The molecule has 128 valence electrons. The predicted octanol–water partition coefficient (Wildman–Crippen LogP) is 2.09. The van der Waals surface area contributed by atoms with Gasteiger partial charge in [0.2, 0.25) is 5.91 Å². The van der Waals surface area contributed by atoms with Gasteiger partial charge in [0.25, 0.3) is 0 Å². The van der Waals surface area contributed by atoms with Gasteiger partial charge < -0.3 is 10.2 Å². The van der Waals surface area contributed by atoms with Crippen LogP contribution in [0.1, 0.15) is 42.5 Å². The lowest BCUT2D eigenvalue weighted by Gasteiger charge is -2.25. The standard InChI is InChI=1S/C17H24N6O/c1-12-6-9-22(21-12)10-7-17(24)23-8-4-5-15(23)14-11-16(18-3)20-13(2)19-14/h6,9,11,15H,4-5,7-8,10H2,1-3H3,(H,18,19,20)/t15-/m1/s1. The van der Waals surface area contributed by atoms with Crippen molar-refractivity contribution in [1.82, 2.24) is 24.6 Å². The van der Waals surface area contributed by atoms with Gasteiger partial charge >= 0.3 is 0 Å². The molecule has 24 heavy (non-hydrogen) atoms. The van der Waals surface area contributed by atoms with Crippen LogP contribution in [0.3, 0.4) is 0 Å². The van der Waals surface area contributed by atoms with Crippen molar-refractivity contribution in [3.8, 4) is 0 Å². The Bertz CT molecular complexity index is 726. The van der Waals surface area contributed by atoms with Crippen molar-refractivity contribution in [3.63, 3.8) is 0 Å². The Labute approximate surface area is 142 Å². The Hall–Kier alpha value is -2.44. The fourth-order valence-electron chi connectivity index (χ4n) is 3.20. The molecular formula is C17H24N6O. The molecule has 1 saturated heterocycles. The molecule has 1 aliphatic rings. The zero-order chi connectivity index (χ0) is 17.1. The van der Waals surface area contributed by atoms with E-state index in [9.17, 15) is 4.79 Å². The van der Waals surface area contributed by atoms with E-state index in [2.05, 4.69) is 20.4 Å². The monoisotopic (exact) mass is 328 g/mol. The molecule has 1 atom stereocenters. The lowest BCUT2D eigenvalue weighted by Crippen LogP contribution is -2.31. The van der Waals surface area contributed by atoms with Gasteiger partial charge in [-0.2, -0.15) is 5.10 Å². The summed E-state index contributed by atoms with van der Waals surface area (Å²) in [5.74, 6) is 1.68. The third-order valence-corrected chi connectivity index (χ3v) is 4.36. The van der Waals surface area contributed by atoms with Crippen molar-refractivity contribution in [1.29, 1.82) is 0 Å². The molecule has 1 aliphatic heterocycles. The maximum atomic E-state index is 12.7. The lowest BCUT2D eigenvalue weighted by molar-refractivity contribution is -0.132. The molecule has 1 fully saturated rings. The maximum Gasteiger partial charge on any atom is 0.224 e. The summed E-state index contributed by atoms with van der Waals surface area (Å²) in [5, 5.41) is 7.40. The van der Waals surface area contributed by atoms with Gasteiger partial charge in [0.1, 0.15) is 11.6 Å². The van der Waals surface area contributed by atoms with Crippen molar-refractivity contribution in [2.24, 2.45) is 0 Å². The largest absolute Gasteiger partial charge is 0.373 e. The third kappa shape index (κ3) is 3.55. The molecule has 1 N–H and O–H groups in total. The van der Waals surface area contributed by atoms with Crippen LogP contribution in [-0.2, 0) is 11.3 Å². The van der Waals surface area contributed by atoms with E-state index in [-0.39, 0.29) is 11.9 Å². The Morgan fingerprint density at radius 3 is 2.92 bits per heavy atom. The van der Waals surface area contributed by atoms with Gasteiger partial charge in [-0.25, -0.2) is 9.97 Å². The second-order valence-electron chi connectivity index (χ2n) is 6.19. The van der Waals surface area contributed by atoms with Crippen LogP contribution in [0.15, 0.2) is 18.3 Å². The minimum absolute atomic E-state index is 0.0469. The molecule has 3 rings (SSSR count). The van der Waals surface area contributed by atoms with Gasteiger partial charge in [0.15, 0.2) is 0 Å². The van der Waals surface area contributed by atoms with Crippen LogP contribution in [0.2, 0.25) is 0 Å². The Kier molecular flexibility index (Phi) is 4.78. The average Bonchev–Trinajstić information content (AvgIpc) is 3.21. The van der Waals surface area contributed by atoms with E-state index in [0.29, 0.717) is 13.0 Å².